The van der Waals surface area contributed by atoms with Gasteiger partial charge in [0.25, 0.3) is 0 Å². The van der Waals surface area contributed by atoms with Crippen LogP contribution in [0.1, 0.15) is 30.0 Å². The fraction of sp³-hybridized carbons (Fsp3) is 0.333. The van der Waals surface area contributed by atoms with Gasteiger partial charge in [0.1, 0.15) is 18.3 Å². The highest BCUT2D eigenvalue weighted by Crippen LogP contribution is 2.31. The maximum absolute atomic E-state index is 14.1. The van der Waals surface area contributed by atoms with Gasteiger partial charge in [-0.05, 0) is 54.3 Å². The molecule has 0 aliphatic heterocycles. The molecule has 1 atom stereocenters. The molecular formula is C30H36BrN3O5S. The first-order valence-electron chi connectivity index (χ1n) is 13.0. The van der Waals surface area contributed by atoms with E-state index in [1.54, 1.807) is 18.2 Å². The molecule has 0 fully saturated rings. The highest BCUT2D eigenvalue weighted by molar-refractivity contribution is 9.10. The van der Waals surface area contributed by atoms with Gasteiger partial charge in [0.2, 0.25) is 21.8 Å². The van der Waals surface area contributed by atoms with Crippen molar-refractivity contribution in [2.24, 2.45) is 0 Å². The van der Waals surface area contributed by atoms with E-state index in [1.807, 2.05) is 68.4 Å². The number of nitrogens with one attached hydrogen (secondary N) is 1. The van der Waals surface area contributed by atoms with Gasteiger partial charge < -0.3 is 15.0 Å². The maximum atomic E-state index is 14.1. The molecule has 3 aromatic rings. The summed E-state index contributed by atoms with van der Waals surface area (Å²) in [6, 6.07) is 21.2. The Bertz CT molecular complexity index is 1400. The van der Waals surface area contributed by atoms with Gasteiger partial charge in [-0.1, -0.05) is 71.4 Å². The number of rotatable bonds is 13. The van der Waals surface area contributed by atoms with Crippen molar-refractivity contribution in [3.05, 3.63) is 94.0 Å². The van der Waals surface area contributed by atoms with Gasteiger partial charge in [-0.25, -0.2) is 8.42 Å². The van der Waals surface area contributed by atoms with E-state index in [0.717, 1.165) is 38.1 Å². The van der Waals surface area contributed by atoms with Crippen molar-refractivity contribution in [2.75, 3.05) is 30.8 Å². The quantitative estimate of drug-likeness (QED) is 0.296. The summed E-state index contributed by atoms with van der Waals surface area (Å²) >= 11 is 3.44. The third-order valence-corrected chi connectivity index (χ3v) is 8.02. The van der Waals surface area contributed by atoms with Gasteiger partial charge in [-0.15, -0.1) is 0 Å². The highest BCUT2D eigenvalue weighted by Gasteiger charge is 2.33. The molecule has 0 heterocycles. The molecule has 3 aromatic carbocycles. The van der Waals surface area contributed by atoms with Crippen molar-refractivity contribution >= 4 is 43.5 Å². The van der Waals surface area contributed by atoms with Gasteiger partial charge >= 0.3 is 0 Å². The monoisotopic (exact) mass is 629 g/mol. The van der Waals surface area contributed by atoms with Crippen molar-refractivity contribution in [3.8, 4) is 5.75 Å². The molecule has 8 nitrogen and oxygen atoms in total. The van der Waals surface area contributed by atoms with Crippen molar-refractivity contribution in [3.63, 3.8) is 0 Å². The Hall–Kier alpha value is -3.37. The molecule has 2 amide bonds. The standard InChI is InChI=1S/C30H36BrN3O5S/c1-5-17-32-30(36)27(19-23-9-7-6-8-10-23)33(20-24-12-14-25(31)15-13-24)29(35)21-34(40(4,37)38)26-18-22(2)11-16-28(26)39-3/h6-16,18,27H,5,17,19-21H2,1-4H3,(H,32,36)/t27-/m1/s1. The zero-order chi connectivity index (χ0) is 29.3. The average Bonchev–Trinajstić information content (AvgIpc) is 2.93. The number of aryl methyl sites for hydroxylation is 1. The summed E-state index contributed by atoms with van der Waals surface area (Å²) in [5.41, 5.74) is 2.76. The van der Waals surface area contributed by atoms with Crippen LogP contribution in [0.5, 0.6) is 5.75 Å². The van der Waals surface area contributed by atoms with Crippen molar-refractivity contribution in [1.29, 1.82) is 0 Å². The van der Waals surface area contributed by atoms with Crippen LogP contribution in [0.25, 0.3) is 0 Å². The van der Waals surface area contributed by atoms with Crippen LogP contribution in [-0.4, -0.2) is 57.6 Å². The summed E-state index contributed by atoms with van der Waals surface area (Å²) in [5, 5.41) is 2.93. The Morgan fingerprint density at radius 1 is 1.00 bits per heavy atom. The maximum Gasteiger partial charge on any atom is 0.244 e. The second-order valence-corrected chi connectivity index (χ2v) is 12.4. The number of methoxy groups -OCH3 is 1. The smallest absolute Gasteiger partial charge is 0.244 e. The fourth-order valence-electron chi connectivity index (χ4n) is 4.30. The van der Waals surface area contributed by atoms with E-state index >= 15 is 0 Å². The molecule has 0 aliphatic carbocycles. The number of benzene rings is 3. The van der Waals surface area contributed by atoms with Gasteiger partial charge in [0.05, 0.1) is 19.1 Å². The van der Waals surface area contributed by atoms with E-state index in [-0.39, 0.29) is 24.6 Å². The second kappa shape index (κ2) is 14.3. The van der Waals surface area contributed by atoms with E-state index < -0.39 is 28.5 Å². The molecule has 0 bridgehead atoms. The number of nitrogens with zero attached hydrogens (tertiary/aromatic N) is 2. The van der Waals surface area contributed by atoms with Gasteiger partial charge in [-0.3, -0.25) is 13.9 Å². The van der Waals surface area contributed by atoms with Crippen LogP contribution < -0.4 is 14.4 Å². The molecule has 0 spiro atoms. The minimum absolute atomic E-state index is 0.117. The van der Waals surface area contributed by atoms with Crippen LogP contribution in [0.3, 0.4) is 0 Å². The molecule has 3 rings (SSSR count). The Labute approximate surface area is 245 Å². The number of sulfonamides is 1. The lowest BCUT2D eigenvalue weighted by molar-refractivity contribution is -0.140. The number of hydrogen-bond acceptors (Lipinski definition) is 5. The van der Waals surface area contributed by atoms with Gasteiger partial charge in [0, 0.05) is 24.0 Å². The minimum Gasteiger partial charge on any atom is -0.495 e. The first-order valence-corrected chi connectivity index (χ1v) is 15.7. The second-order valence-electron chi connectivity index (χ2n) is 9.59. The Morgan fingerprint density at radius 2 is 1.68 bits per heavy atom. The molecule has 10 heteroatoms. The molecule has 0 saturated heterocycles. The molecule has 214 valence electrons. The summed E-state index contributed by atoms with van der Waals surface area (Å²) in [4.78, 5) is 29.1. The number of hydrogen-bond donors (Lipinski definition) is 1. The topological polar surface area (TPSA) is 96.0 Å². The number of carbonyl (C=O) groups is 2. The first kappa shape index (κ1) is 31.2. The highest BCUT2D eigenvalue weighted by atomic mass is 79.9. The predicted octanol–water partition coefficient (Wildman–Crippen LogP) is 4.70. The van der Waals surface area contributed by atoms with Crippen LogP contribution in [0, 0.1) is 6.92 Å². The SMILES string of the molecule is CCCNC(=O)[C@@H](Cc1ccccc1)N(Cc1ccc(Br)cc1)C(=O)CN(c1cc(C)ccc1OC)S(C)(=O)=O. The Balaban J connectivity index is 2.08. The van der Waals surface area contributed by atoms with Crippen molar-refractivity contribution in [1.82, 2.24) is 10.2 Å². The number of halogens is 1. The van der Waals surface area contributed by atoms with Crippen LogP contribution >= 0.6 is 15.9 Å². The van der Waals surface area contributed by atoms with Crippen molar-refractivity contribution in [2.45, 2.75) is 39.3 Å². The van der Waals surface area contributed by atoms with Crippen LogP contribution in [0.15, 0.2) is 77.3 Å². The third kappa shape index (κ3) is 8.56. The summed E-state index contributed by atoms with van der Waals surface area (Å²) in [5.74, 6) is -0.482. The molecule has 1 N–H and O–H groups in total. The molecule has 0 aliphatic rings. The number of ether oxygens (including phenoxy) is 1. The summed E-state index contributed by atoms with van der Waals surface area (Å²) < 4.78 is 33.4. The largest absolute Gasteiger partial charge is 0.495 e. The Kier molecular flexibility index (Phi) is 11.2. The lowest BCUT2D eigenvalue weighted by Crippen LogP contribution is -2.53. The van der Waals surface area contributed by atoms with Crippen LogP contribution in [0.4, 0.5) is 5.69 Å². The normalized spacial score (nSPS) is 11.9. The van der Waals surface area contributed by atoms with E-state index in [9.17, 15) is 18.0 Å². The number of anilines is 1. The van der Waals surface area contributed by atoms with E-state index in [0.29, 0.717) is 12.3 Å². The fourth-order valence-corrected chi connectivity index (χ4v) is 5.41. The van der Waals surface area contributed by atoms with Crippen LogP contribution in [-0.2, 0) is 32.6 Å². The molecular weight excluding hydrogens is 594 g/mol. The lowest BCUT2D eigenvalue weighted by atomic mass is 10.0. The molecule has 40 heavy (non-hydrogen) atoms. The Morgan fingerprint density at radius 3 is 2.27 bits per heavy atom. The minimum atomic E-state index is -3.89. The van der Waals surface area contributed by atoms with Gasteiger partial charge in [-0.2, -0.15) is 0 Å². The zero-order valence-electron chi connectivity index (χ0n) is 23.3. The average molecular weight is 631 g/mol. The van der Waals surface area contributed by atoms with E-state index in [1.165, 1.54) is 12.0 Å². The molecule has 0 saturated carbocycles. The number of amides is 2. The van der Waals surface area contributed by atoms with E-state index in [2.05, 4.69) is 21.2 Å². The summed E-state index contributed by atoms with van der Waals surface area (Å²) in [6.07, 6.45) is 2.06. The zero-order valence-corrected chi connectivity index (χ0v) is 25.7. The first-order chi connectivity index (χ1) is 19.0. The van der Waals surface area contributed by atoms with Gasteiger partial charge in [0.15, 0.2) is 0 Å². The molecule has 0 aromatic heterocycles. The van der Waals surface area contributed by atoms with E-state index in [4.69, 9.17) is 4.74 Å². The van der Waals surface area contributed by atoms with Crippen LogP contribution in [0.2, 0.25) is 0 Å². The molecule has 0 unspecified atom stereocenters. The summed E-state index contributed by atoms with van der Waals surface area (Å²) in [7, 11) is -2.45. The molecule has 0 radical (unpaired) electrons. The summed E-state index contributed by atoms with van der Waals surface area (Å²) in [6.45, 7) is 3.86. The lowest BCUT2D eigenvalue weighted by Gasteiger charge is -2.33. The number of carbonyl (C=O) groups excluding carboxylic acids is 2. The third-order valence-electron chi connectivity index (χ3n) is 6.37. The van der Waals surface area contributed by atoms with Crippen molar-refractivity contribution < 1.29 is 22.7 Å². The predicted molar refractivity (Wildman–Crippen MR) is 162 cm³/mol.